The van der Waals surface area contributed by atoms with E-state index in [1.165, 1.54) is 16.8 Å². The number of aryl methyl sites for hydroxylation is 2. The third-order valence-electron chi connectivity index (χ3n) is 6.63. The van der Waals surface area contributed by atoms with Crippen molar-refractivity contribution in [3.8, 4) is 22.5 Å². The lowest BCUT2D eigenvalue weighted by atomic mass is 10.0. The van der Waals surface area contributed by atoms with Crippen molar-refractivity contribution in [3.05, 3.63) is 72.3 Å². The average Bonchev–Trinajstić information content (AvgIpc) is 3.46. The van der Waals surface area contributed by atoms with Gasteiger partial charge in [-0.15, -0.1) is 0 Å². The highest BCUT2D eigenvalue weighted by atomic mass is 15.3. The number of aromatic amines is 2. The zero-order valence-corrected chi connectivity index (χ0v) is 20.1. The molecule has 1 aliphatic rings. The maximum Gasteiger partial charge on any atom is 0.181 e. The Labute approximate surface area is 200 Å². The molecule has 0 unspecified atom stereocenters. The van der Waals surface area contributed by atoms with E-state index in [0.29, 0.717) is 5.65 Å². The van der Waals surface area contributed by atoms with Crippen molar-refractivity contribution in [3.63, 3.8) is 0 Å². The van der Waals surface area contributed by atoms with E-state index in [1.54, 1.807) is 0 Å². The van der Waals surface area contributed by atoms with Crippen LogP contribution in [-0.4, -0.2) is 68.2 Å². The SMILES string of the molecule is C=C/C=C(\c1cc(-c2[nH]nc3ncc(-c4cncc(CC)c4)cc23)[nH]c1C)N1CCN(C)CC1. The number of nitrogens with zero attached hydrogens (tertiary/aromatic N) is 5. The predicted molar refractivity (Wildman–Crippen MR) is 138 cm³/mol. The summed E-state index contributed by atoms with van der Waals surface area (Å²) in [6, 6.07) is 6.53. The molecule has 4 aromatic heterocycles. The van der Waals surface area contributed by atoms with Crippen LogP contribution in [-0.2, 0) is 6.42 Å². The average molecular weight is 454 g/mol. The van der Waals surface area contributed by atoms with Crippen LogP contribution in [0.5, 0.6) is 0 Å². The molecule has 0 saturated carbocycles. The molecule has 7 heteroatoms. The zero-order chi connectivity index (χ0) is 23.7. The van der Waals surface area contributed by atoms with Gasteiger partial charge in [0.1, 0.15) is 0 Å². The van der Waals surface area contributed by atoms with Crippen molar-refractivity contribution in [1.82, 2.24) is 34.9 Å². The van der Waals surface area contributed by atoms with E-state index in [4.69, 9.17) is 0 Å². The molecule has 7 nitrogen and oxygen atoms in total. The van der Waals surface area contributed by atoms with E-state index in [1.807, 2.05) is 24.7 Å². The number of likely N-dealkylation sites (N-methyl/N-ethyl adjacent to an activating group) is 1. The molecule has 1 saturated heterocycles. The van der Waals surface area contributed by atoms with Crippen LogP contribution in [0.15, 0.2) is 55.5 Å². The summed E-state index contributed by atoms with van der Waals surface area (Å²) in [5.41, 5.74) is 9.45. The molecule has 0 spiro atoms. The highest BCUT2D eigenvalue weighted by Crippen LogP contribution is 2.33. The van der Waals surface area contributed by atoms with Crippen LogP contribution in [0.3, 0.4) is 0 Å². The van der Waals surface area contributed by atoms with Crippen LogP contribution in [0.4, 0.5) is 0 Å². The summed E-state index contributed by atoms with van der Waals surface area (Å²) in [5.74, 6) is 0. The molecule has 34 heavy (non-hydrogen) atoms. The second-order valence-corrected chi connectivity index (χ2v) is 8.93. The minimum absolute atomic E-state index is 0.702. The van der Waals surface area contributed by atoms with Gasteiger partial charge >= 0.3 is 0 Å². The van der Waals surface area contributed by atoms with Crippen molar-refractivity contribution in [2.24, 2.45) is 0 Å². The number of rotatable bonds is 6. The number of piperazine rings is 1. The molecule has 0 amide bonds. The van der Waals surface area contributed by atoms with Crippen molar-refractivity contribution in [2.45, 2.75) is 20.3 Å². The van der Waals surface area contributed by atoms with Crippen molar-refractivity contribution in [1.29, 1.82) is 0 Å². The Bertz CT molecular complexity index is 1350. The van der Waals surface area contributed by atoms with Crippen molar-refractivity contribution < 1.29 is 0 Å². The van der Waals surface area contributed by atoms with Crippen LogP contribution in [0, 0.1) is 6.92 Å². The number of fused-ring (bicyclic) bond motifs is 1. The molecule has 0 aromatic carbocycles. The number of allylic oxidation sites excluding steroid dienone is 2. The fourth-order valence-electron chi connectivity index (χ4n) is 4.58. The highest BCUT2D eigenvalue weighted by Gasteiger charge is 2.21. The Hall–Kier alpha value is -3.71. The molecule has 5 heterocycles. The van der Waals surface area contributed by atoms with Gasteiger partial charge in [0.15, 0.2) is 5.65 Å². The number of H-pyrrole nitrogens is 2. The summed E-state index contributed by atoms with van der Waals surface area (Å²) < 4.78 is 0. The third-order valence-corrected chi connectivity index (χ3v) is 6.63. The summed E-state index contributed by atoms with van der Waals surface area (Å²) in [6.07, 6.45) is 10.6. The largest absolute Gasteiger partial charge is 0.368 e. The number of hydrogen-bond donors (Lipinski definition) is 2. The molecule has 2 N–H and O–H groups in total. The summed E-state index contributed by atoms with van der Waals surface area (Å²) in [5, 5.41) is 8.66. The Morgan fingerprint density at radius 2 is 1.88 bits per heavy atom. The van der Waals surface area contributed by atoms with E-state index >= 15 is 0 Å². The molecule has 4 aromatic rings. The number of hydrogen-bond acceptors (Lipinski definition) is 5. The molecular weight excluding hydrogens is 422 g/mol. The van der Waals surface area contributed by atoms with Gasteiger partial charge in [0.25, 0.3) is 0 Å². The molecule has 5 rings (SSSR count). The first-order valence-corrected chi connectivity index (χ1v) is 11.8. The van der Waals surface area contributed by atoms with Gasteiger partial charge in [0.05, 0.1) is 11.4 Å². The molecule has 1 fully saturated rings. The maximum absolute atomic E-state index is 4.61. The van der Waals surface area contributed by atoms with Crippen LogP contribution in [0.25, 0.3) is 39.2 Å². The van der Waals surface area contributed by atoms with Gasteiger partial charge in [-0.1, -0.05) is 19.6 Å². The maximum atomic E-state index is 4.61. The highest BCUT2D eigenvalue weighted by molar-refractivity contribution is 5.93. The molecule has 0 aliphatic carbocycles. The van der Waals surface area contributed by atoms with Crippen LogP contribution in [0.1, 0.15) is 23.7 Å². The van der Waals surface area contributed by atoms with Gasteiger partial charge in [-0.3, -0.25) is 10.1 Å². The minimum Gasteiger partial charge on any atom is -0.368 e. The molecule has 1 aliphatic heterocycles. The first kappa shape index (κ1) is 22.1. The predicted octanol–water partition coefficient (Wildman–Crippen LogP) is 4.66. The molecular formula is C27H31N7. The number of pyridine rings is 2. The van der Waals surface area contributed by atoms with Crippen molar-refractivity contribution in [2.75, 3.05) is 33.2 Å². The lowest BCUT2D eigenvalue weighted by Crippen LogP contribution is -2.43. The lowest BCUT2D eigenvalue weighted by molar-refractivity contribution is 0.207. The van der Waals surface area contributed by atoms with E-state index < -0.39 is 0 Å². The van der Waals surface area contributed by atoms with Gasteiger partial charge in [-0.05, 0) is 50.2 Å². The second kappa shape index (κ2) is 9.27. The summed E-state index contributed by atoms with van der Waals surface area (Å²) in [7, 11) is 2.17. The molecule has 0 atom stereocenters. The summed E-state index contributed by atoms with van der Waals surface area (Å²) in [4.78, 5) is 17.4. The van der Waals surface area contributed by atoms with E-state index in [-0.39, 0.29) is 0 Å². The third kappa shape index (κ3) is 4.15. The Kier molecular flexibility index (Phi) is 6.02. The van der Waals surface area contributed by atoms with Gasteiger partial charge in [-0.2, -0.15) is 5.10 Å². The summed E-state index contributed by atoms with van der Waals surface area (Å²) >= 11 is 0. The molecule has 174 valence electrons. The summed E-state index contributed by atoms with van der Waals surface area (Å²) in [6.45, 7) is 12.3. The minimum atomic E-state index is 0.702. The number of nitrogens with one attached hydrogen (secondary N) is 2. The Morgan fingerprint density at radius 1 is 1.09 bits per heavy atom. The van der Waals surface area contributed by atoms with Gasteiger partial charge in [0, 0.05) is 78.2 Å². The van der Waals surface area contributed by atoms with Gasteiger partial charge < -0.3 is 14.8 Å². The van der Waals surface area contributed by atoms with Crippen LogP contribution in [0.2, 0.25) is 0 Å². The van der Waals surface area contributed by atoms with Crippen molar-refractivity contribution >= 4 is 16.7 Å². The van der Waals surface area contributed by atoms with Gasteiger partial charge in [0.2, 0.25) is 0 Å². The second-order valence-electron chi connectivity index (χ2n) is 8.93. The quantitative estimate of drug-likeness (QED) is 0.415. The van der Waals surface area contributed by atoms with Crippen LogP contribution >= 0.6 is 0 Å². The molecule has 0 radical (unpaired) electrons. The zero-order valence-electron chi connectivity index (χ0n) is 20.1. The fraction of sp³-hybridized carbons (Fsp3) is 0.296. The number of aromatic nitrogens is 5. The normalized spacial score (nSPS) is 15.3. The van der Waals surface area contributed by atoms with E-state index in [9.17, 15) is 0 Å². The first-order valence-electron chi connectivity index (χ1n) is 11.8. The monoisotopic (exact) mass is 453 g/mol. The smallest absolute Gasteiger partial charge is 0.181 e. The topological polar surface area (TPSA) is 76.7 Å². The first-order chi connectivity index (χ1) is 16.6. The fourth-order valence-corrected chi connectivity index (χ4v) is 4.58. The Balaban J connectivity index is 1.53. The lowest BCUT2D eigenvalue weighted by Gasteiger charge is -2.35. The van der Waals surface area contributed by atoms with Gasteiger partial charge in [-0.25, -0.2) is 4.98 Å². The molecule has 0 bridgehead atoms. The van der Waals surface area contributed by atoms with Crippen LogP contribution < -0.4 is 0 Å². The standard InChI is InChI=1S/C27H31N7/c1-5-7-25(34-10-8-33(4)9-11-34)22-14-24(30-18(22)3)26-23-13-21(17-29-27(23)32-31-26)20-12-19(6-2)15-28-16-20/h5,7,12-17,30H,1,6,8-11H2,2-4H3,(H,29,31,32)/b25-7+. The van der Waals surface area contributed by atoms with E-state index in [2.05, 4.69) is 86.7 Å². The Morgan fingerprint density at radius 3 is 2.65 bits per heavy atom. The van der Waals surface area contributed by atoms with E-state index in [0.717, 1.165) is 66.2 Å².